The van der Waals surface area contributed by atoms with Crippen LogP contribution in [0.1, 0.15) is 21.9 Å². The van der Waals surface area contributed by atoms with Crippen molar-refractivity contribution in [2.45, 2.75) is 12.2 Å². The first kappa shape index (κ1) is 26.6. The molecule has 3 aromatic carbocycles. The van der Waals surface area contributed by atoms with Crippen LogP contribution < -0.4 is 4.90 Å². The maximum absolute atomic E-state index is 13.9. The van der Waals surface area contributed by atoms with E-state index in [1.165, 1.54) is 11.8 Å². The minimum absolute atomic E-state index is 0.0690. The number of ether oxygens (including phenoxy) is 1. The Balaban J connectivity index is 1.58. The fourth-order valence-electron chi connectivity index (χ4n) is 5.18. The van der Waals surface area contributed by atoms with Gasteiger partial charge in [-0.25, -0.2) is 4.68 Å². The Morgan fingerprint density at radius 2 is 1.77 bits per heavy atom. The van der Waals surface area contributed by atoms with E-state index in [-0.39, 0.29) is 29.4 Å². The molecule has 40 heavy (non-hydrogen) atoms. The number of carbonyl (C=O) groups is 2. The zero-order valence-corrected chi connectivity index (χ0v) is 23.7. The number of rotatable bonds is 5. The highest BCUT2D eigenvalue weighted by molar-refractivity contribution is 8.00. The molecule has 204 valence electrons. The molecule has 9 heteroatoms. The number of morpholine rings is 1. The third-order valence-electron chi connectivity index (χ3n) is 7.22. The summed E-state index contributed by atoms with van der Waals surface area (Å²) >= 11 is 7.98. The van der Waals surface area contributed by atoms with Crippen LogP contribution in [0.4, 0.5) is 5.82 Å². The van der Waals surface area contributed by atoms with Crippen LogP contribution in [0.2, 0.25) is 5.02 Å². The summed E-state index contributed by atoms with van der Waals surface area (Å²) in [6.07, 6.45) is 0. The van der Waals surface area contributed by atoms with Gasteiger partial charge in [0.15, 0.2) is 0 Å². The monoisotopic (exact) mass is 572 g/mol. The van der Waals surface area contributed by atoms with Gasteiger partial charge in [-0.05, 0) is 36.8 Å². The summed E-state index contributed by atoms with van der Waals surface area (Å²) in [6, 6.07) is 25.8. The molecule has 2 aliphatic rings. The summed E-state index contributed by atoms with van der Waals surface area (Å²) in [4.78, 5) is 30.8. The molecule has 1 unspecified atom stereocenters. The lowest BCUT2D eigenvalue weighted by Gasteiger charge is -2.30. The quantitative estimate of drug-likeness (QED) is 0.315. The summed E-state index contributed by atoms with van der Waals surface area (Å²) in [5.74, 6) is 0.589. The largest absolute Gasteiger partial charge is 0.378 e. The van der Waals surface area contributed by atoms with Gasteiger partial charge in [0.2, 0.25) is 11.8 Å². The van der Waals surface area contributed by atoms with Gasteiger partial charge < -0.3 is 9.64 Å². The predicted octanol–water partition coefficient (Wildman–Crippen LogP) is 5.53. The molecule has 6 rings (SSSR count). The molecule has 1 aromatic heterocycles. The first-order chi connectivity index (χ1) is 19.5. The Labute approximate surface area is 242 Å². The third kappa shape index (κ3) is 5.27. The molecule has 2 aliphatic heterocycles. The first-order valence-electron chi connectivity index (χ1n) is 13.3. The lowest BCUT2D eigenvalue weighted by atomic mass is 9.99. The number of aromatic nitrogens is 2. The summed E-state index contributed by atoms with van der Waals surface area (Å²) in [7, 11) is 0. The van der Waals surface area contributed by atoms with E-state index in [4.69, 9.17) is 21.4 Å². The van der Waals surface area contributed by atoms with Crippen molar-refractivity contribution in [1.82, 2.24) is 14.7 Å². The number of thioether (sulfide) groups is 1. The van der Waals surface area contributed by atoms with Crippen molar-refractivity contribution < 1.29 is 14.3 Å². The van der Waals surface area contributed by atoms with E-state index in [9.17, 15) is 9.59 Å². The molecule has 1 fully saturated rings. The van der Waals surface area contributed by atoms with Gasteiger partial charge in [-0.1, -0.05) is 71.8 Å². The molecule has 0 saturated carbocycles. The van der Waals surface area contributed by atoms with E-state index < -0.39 is 0 Å². The van der Waals surface area contributed by atoms with Gasteiger partial charge in [-0.2, -0.15) is 5.10 Å². The fraction of sp³-hybridized carbons (Fsp3) is 0.258. The number of benzene rings is 3. The van der Waals surface area contributed by atoms with E-state index >= 15 is 0 Å². The van der Waals surface area contributed by atoms with Crippen molar-refractivity contribution in [3.8, 4) is 16.9 Å². The van der Waals surface area contributed by atoms with Crippen LogP contribution in [0.5, 0.6) is 0 Å². The summed E-state index contributed by atoms with van der Waals surface area (Å²) in [6.45, 7) is 3.99. The lowest BCUT2D eigenvalue weighted by Crippen LogP contribution is -2.48. The van der Waals surface area contributed by atoms with Gasteiger partial charge in [0, 0.05) is 29.2 Å². The molecule has 1 saturated heterocycles. The first-order valence-corrected chi connectivity index (χ1v) is 14.7. The topological polar surface area (TPSA) is 67.7 Å². The van der Waals surface area contributed by atoms with Crippen molar-refractivity contribution >= 4 is 41.0 Å². The van der Waals surface area contributed by atoms with E-state index in [1.807, 2.05) is 90.5 Å². The Morgan fingerprint density at radius 1 is 1.02 bits per heavy atom. The lowest BCUT2D eigenvalue weighted by molar-refractivity contribution is -0.134. The van der Waals surface area contributed by atoms with Gasteiger partial charge in [0.25, 0.3) is 0 Å². The van der Waals surface area contributed by atoms with Gasteiger partial charge in [-0.3, -0.25) is 14.5 Å². The van der Waals surface area contributed by atoms with Gasteiger partial charge in [-0.15, -0.1) is 11.8 Å². The average Bonchev–Trinajstić information content (AvgIpc) is 3.30. The van der Waals surface area contributed by atoms with Crippen molar-refractivity contribution in [2.24, 2.45) is 0 Å². The molecule has 0 radical (unpaired) electrons. The van der Waals surface area contributed by atoms with E-state index in [0.29, 0.717) is 37.1 Å². The highest BCUT2D eigenvalue weighted by atomic mass is 35.5. The molecule has 0 aliphatic carbocycles. The summed E-state index contributed by atoms with van der Waals surface area (Å²) < 4.78 is 7.27. The Bertz CT molecular complexity index is 1530. The Hall–Kier alpha value is -3.59. The second kappa shape index (κ2) is 11.5. The molecule has 1 atom stereocenters. The van der Waals surface area contributed by atoms with Crippen molar-refractivity contribution in [1.29, 1.82) is 0 Å². The van der Waals surface area contributed by atoms with Crippen LogP contribution in [-0.4, -0.2) is 65.1 Å². The number of carbonyl (C=O) groups excluding carboxylic acids is 2. The number of amides is 2. The number of hydrogen-bond acceptors (Lipinski definition) is 5. The number of anilines is 1. The highest BCUT2D eigenvalue weighted by Crippen LogP contribution is 2.48. The van der Waals surface area contributed by atoms with E-state index in [0.717, 1.165) is 33.6 Å². The number of hydrogen-bond donors (Lipinski definition) is 0. The Kier molecular flexibility index (Phi) is 7.65. The third-order valence-corrected chi connectivity index (χ3v) is 8.71. The summed E-state index contributed by atoms with van der Waals surface area (Å²) in [5.41, 5.74) is 5.51. The molecule has 0 bridgehead atoms. The van der Waals surface area contributed by atoms with Crippen LogP contribution in [0.25, 0.3) is 16.9 Å². The van der Waals surface area contributed by atoms with Crippen molar-refractivity contribution in [3.05, 3.63) is 101 Å². The van der Waals surface area contributed by atoms with Crippen LogP contribution in [0, 0.1) is 6.92 Å². The molecule has 0 spiro atoms. The fourth-order valence-corrected chi connectivity index (χ4v) is 6.56. The maximum atomic E-state index is 13.9. The molecular weight excluding hydrogens is 544 g/mol. The number of fused-ring (bicyclic) bond motifs is 1. The van der Waals surface area contributed by atoms with Gasteiger partial charge in [0.1, 0.15) is 12.4 Å². The normalized spacial score (nSPS) is 17.4. The predicted molar refractivity (Wildman–Crippen MR) is 159 cm³/mol. The smallest absolute Gasteiger partial charge is 0.242 e. The highest BCUT2D eigenvalue weighted by Gasteiger charge is 2.38. The average molecular weight is 573 g/mol. The zero-order chi connectivity index (χ0) is 27.6. The zero-order valence-electron chi connectivity index (χ0n) is 22.1. The molecule has 7 nitrogen and oxygen atoms in total. The molecule has 3 heterocycles. The number of nitrogens with zero attached hydrogens (tertiary/aromatic N) is 4. The number of aryl methyl sites for hydroxylation is 1. The second-order valence-electron chi connectivity index (χ2n) is 9.92. The molecule has 2 amide bonds. The van der Waals surface area contributed by atoms with E-state index in [2.05, 4.69) is 0 Å². The second-order valence-corrected chi connectivity index (χ2v) is 11.4. The Morgan fingerprint density at radius 3 is 2.50 bits per heavy atom. The van der Waals surface area contributed by atoms with Crippen LogP contribution in [-0.2, 0) is 14.3 Å². The van der Waals surface area contributed by atoms with E-state index in [1.54, 1.807) is 9.80 Å². The van der Waals surface area contributed by atoms with Gasteiger partial charge >= 0.3 is 0 Å². The molecule has 0 N–H and O–H groups in total. The molecule has 4 aromatic rings. The standard InChI is InChI=1S/C31H29ClN4O3S/c1-21-10-12-25(13-11-21)36-31-28(29(33-36)22-6-3-2-4-7-22)30(23-8-5-9-24(32)18-23)40-20-27(38)35(31)19-26(37)34-14-16-39-17-15-34/h2-13,18,30H,14-17,19-20H2,1H3. The summed E-state index contributed by atoms with van der Waals surface area (Å²) in [5, 5.41) is 5.54. The minimum atomic E-state index is -0.226. The van der Waals surface area contributed by atoms with Crippen molar-refractivity contribution in [3.63, 3.8) is 0 Å². The molecular formula is C31H29ClN4O3S. The number of halogens is 1. The minimum Gasteiger partial charge on any atom is -0.378 e. The van der Waals surface area contributed by atoms with Crippen LogP contribution in [0.15, 0.2) is 78.9 Å². The maximum Gasteiger partial charge on any atom is 0.242 e. The van der Waals surface area contributed by atoms with Crippen LogP contribution >= 0.6 is 23.4 Å². The van der Waals surface area contributed by atoms with Crippen LogP contribution in [0.3, 0.4) is 0 Å². The SMILES string of the molecule is Cc1ccc(-n2nc(-c3ccccc3)c3c2N(CC(=O)N2CCOCC2)C(=O)CSC3c2cccc(Cl)c2)cc1. The van der Waals surface area contributed by atoms with Gasteiger partial charge in [0.05, 0.1) is 35.6 Å². The van der Waals surface area contributed by atoms with Crippen molar-refractivity contribution in [2.75, 3.05) is 43.5 Å².